The van der Waals surface area contributed by atoms with E-state index in [1.165, 1.54) is 17.8 Å². The van der Waals surface area contributed by atoms with Crippen molar-refractivity contribution in [1.82, 2.24) is 15.2 Å². The lowest BCUT2D eigenvalue weighted by Gasteiger charge is -2.35. The van der Waals surface area contributed by atoms with Crippen molar-refractivity contribution in [2.75, 3.05) is 19.7 Å². The second-order valence-corrected chi connectivity index (χ2v) is 6.69. The third kappa shape index (κ3) is 3.50. The van der Waals surface area contributed by atoms with Gasteiger partial charge in [-0.3, -0.25) is 14.5 Å². The Morgan fingerprint density at radius 2 is 2.00 bits per heavy atom. The highest BCUT2D eigenvalue weighted by atomic mass is 16.5. The van der Waals surface area contributed by atoms with E-state index in [-0.39, 0.29) is 23.6 Å². The van der Waals surface area contributed by atoms with E-state index in [2.05, 4.69) is 27.3 Å². The Morgan fingerprint density at radius 1 is 1.16 bits per heavy atom. The average Bonchev–Trinajstić information content (AvgIpc) is 3.04. The fourth-order valence-corrected chi connectivity index (χ4v) is 3.67. The molecular formula is C19H21N3O3. The first-order valence-electron chi connectivity index (χ1n) is 8.59. The van der Waals surface area contributed by atoms with Crippen molar-refractivity contribution in [2.24, 2.45) is 0 Å². The summed E-state index contributed by atoms with van der Waals surface area (Å²) >= 11 is 0. The Bertz CT molecular complexity index is 785. The summed E-state index contributed by atoms with van der Waals surface area (Å²) in [6.07, 6.45) is 2.43. The van der Waals surface area contributed by atoms with Crippen LogP contribution in [0.3, 0.4) is 0 Å². The zero-order chi connectivity index (χ0) is 17.2. The molecule has 2 aromatic rings. The van der Waals surface area contributed by atoms with Crippen molar-refractivity contribution < 1.29 is 9.53 Å². The zero-order valence-electron chi connectivity index (χ0n) is 13.9. The number of ether oxygens (including phenoxy) is 1. The van der Waals surface area contributed by atoms with E-state index >= 15 is 0 Å². The van der Waals surface area contributed by atoms with Crippen LogP contribution in [0.5, 0.6) is 0 Å². The number of nitrogens with one attached hydrogen (secondary N) is 2. The van der Waals surface area contributed by atoms with Crippen LogP contribution in [0.2, 0.25) is 0 Å². The summed E-state index contributed by atoms with van der Waals surface area (Å²) in [4.78, 5) is 28.4. The lowest BCUT2D eigenvalue weighted by atomic mass is 10.1. The molecule has 3 heterocycles. The molecule has 0 aliphatic carbocycles. The number of rotatable bonds is 3. The number of hydrogen-bond donors (Lipinski definition) is 2. The topological polar surface area (TPSA) is 74.4 Å². The van der Waals surface area contributed by atoms with Crippen molar-refractivity contribution in [3.63, 3.8) is 0 Å². The number of carbonyl (C=O) groups is 1. The van der Waals surface area contributed by atoms with Crippen LogP contribution in [0.15, 0.2) is 53.5 Å². The Labute approximate surface area is 145 Å². The van der Waals surface area contributed by atoms with Crippen molar-refractivity contribution in [2.45, 2.75) is 24.6 Å². The zero-order valence-corrected chi connectivity index (χ0v) is 13.9. The summed E-state index contributed by atoms with van der Waals surface area (Å²) in [6, 6.07) is 13.6. The Balaban J connectivity index is 1.37. The van der Waals surface area contributed by atoms with E-state index in [0.717, 1.165) is 19.5 Å². The Hall–Kier alpha value is -2.44. The highest BCUT2D eigenvalue weighted by molar-refractivity contribution is 5.94. The molecule has 0 radical (unpaired) electrons. The summed E-state index contributed by atoms with van der Waals surface area (Å²) < 4.78 is 6.03. The number of H-pyrrole nitrogens is 1. The molecule has 0 bridgehead atoms. The number of hydrogen-bond acceptors (Lipinski definition) is 4. The van der Waals surface area contributed by atoms with E-state index in [1.807, 2.05) is 18.2 Å². The molecule has 25 heavy (non-hydrogen) atoms. The first-order valence-corrected chi connectivity index (χ1v) is 8.59. The molecule has 130 valence electrons. The van der Waals surface area contributed by atoms with Gasteiger partial charge in [-0.1, -0.05) is 30.3 Å². The standard InChI is InChI=1S/C19H21N3O3/c23-18-7-6-14(9-20-18)19(24)21-15-8-16-12-25-17(11-22(16)10-15)13-4-2-1-3-5-13/h1-7,9,15-17H,8,10-12H2,(H,20,23)(H,21,24)/t15-,16-,17+/m0/s1. The summed E-state index contributed by atoms with van der Waals surface area (Å²) in [6.45, 7) is 2.36. The molecule has 2 N–H and O–H groups in total. The second kappa shape index (κ2) is 6.82. The van der Waals surface area contributed by atoms with E-state index in [1.54, 1.807) is 6.07 Å². The lowest BCUT2D eigenvalue weighted by Crippen LogP contribution is -2.43. The molecule has 2 fully saturated rings. The van der Waals surface area contributed by atoms with Crippen LogP contribution in [-0.4, -0.2) is 47.6 Å². The molecule has 1 aromatic heterocycles. The molecule has 2 aliphatic heterocycles. The number of fused-ring (bicyclic) bond motifs is 1. The van der Waals surface area contributed by atoms with Crippen LogP contribution >= 0.6 is 0 Å². The van der Waals surface area contributed by atoms with Gasteiger partial charge in [-0.2, -0.15) is 0 Å². The van der Waals surface area contributed by atoms with Gasteiger partial charge < -0.3 is 15.0 Å². The summed E-state index contributed by atoms with van der Waals surface area (Å²) in [5.41, 5.74) is 1.46. The molecule has 6 heteroatoms. The number of amides is 1. The normalized spacial score (nSPS) is 26.2. The second-order valence-electron chi connectivity index (χ2n) is 6.69. The van der Waals surface area contributed by atoms with Crippen molar-refractivity contribution in [3.05, 3.63) is 70.1 Å². The third-order valence-electron chi connectivity index (χ3n) is 4.97. The quantitative estimate of drug-likeness (QED) is 0.884. The van der Waals surface area contributed by atoms with Crippen LogP contribution in [-0.2, 0) is 4.74 Å². The third-order valence-corrected chi connectivity index (χ3v) is 4.97. The van der Waals surface area contributed by atoms with Gasteiger partial charge in [0.2, 0.25) is 5.56 Å². The summed E-state index contributed by atoms with van der Waals surface area (Å²) in [5, 5.41) is 3.07. The average molecular weight is 339 g/mol. The number of aromatic amines is 1. The lowest BCUT2D eigenvalue weighted by molar-refractivity contribution is -0.0502. The molecule has 1 amide bonds. The van der Waals surface area contributed by atoms with Gasteiger partial charge in [-0.25, -0.2) is 0 Å². The van der Waals surface area contributed by atoms with Crippen LogP contribution < -0.4 is 10.9 Å². The number of pyridine rings is 1. The molecule has 3 atom stereocenters. The predicted octanol–water partition coefficient (Wildman–Crippen LogP) is 1.32. The van der Waals surface area contributed by atoms with Gasteiger partial charge in [0, 0.05) is 37.4 Å². The van der Waals surface area contributed by atoms with E-state index in [0.29, 0.717) is 18.2 Å². The van der Waals surface area contributed by atoms with Gasteiger partial charge in [0.05, 0.1) is 18.3 Å². The molecule has 4 rings (SSSR count). The summed E-state index contributed by atoms with van der Waals surface area (Å²) in [5.74, 6) is -0.151. The van der Waals surface area contributed by atoms with E-state index in [9.17, 15) is 9.59 Å². The van der Waals surface area contributed by atoms with Crippen LogP contribution in [0.25, 0.3) is 0 Å². The molecule has 2 aliphatic rings. The first kappa shape index (κ1) is 16.1. The number of aromatic nitrogens is 1. The van der Waals surface area contributed by atoms with Gasteiger partial charge in [0.1, 0.15) is 0 Å². The number of benzene rings is 1. The monoisotopic (exact) mass is 339 g/mol. The molecule has 0 unspecified atom stereocenters. The van der Waals surface area contributed by atoms with E-state index in [4.69, 9.17) is 4.74 Å². The number of carbonyl (C=O) groups excluding carboxylic acids is 1. The Morgan fingerprint density at radius 3 is 2.76 bits per heavy atom. The fraction of sp³-hybridized carbons (Fsp3) is 0.368. The van der Waals surface area contributed by atoms with Gasteiger partial charge in [0.15, 0.2) is 0 Å². The largest absolute Gasteiger partial charge is 0.371 e. The minimum atomic E-state index is -0.210. The van der Waals surface area contributed by atoms with Crippen LogP contribution in [0.4, 0.5) is 0 Å². The van der Waals surface area contributed by atoms with Gasteiger partial charge >= 0.3 is 0 Å². The minimum absolute atomic E-state index is 0.0890. The number of nitrogens with zero attached hydrogens (tertiary/aromatic N) is 1. The predicted molar refractivity (Wildman–Crippen MR) is 93.4 cm³/mol. The Kier molecular flexibility index (Phi) is 4.38. The highest BCUT2D eigenvalue weighted by Crippen LogP contribution is 2.30. The first-order chi connectivity index (χ1) is 12.2. The van der Waals surface area contributed by atoms with Crippen molar-refractivity contribution in [1.29, 1.82) is 0 Å². The highest BCUT2D eigenvalue weighted by Gasteiger charge is 2.38. The van der Waals surface area contributed by atoms with Crippen molar-refractivity contribution >= 4 is 5.91 Å². The van der Waals surface area contributed by atoms with Crippen molar-refractivity contribution in [3.8, 4) is 0 Å². The molecular weight excluding hydrogens is 318 g/mol. The van der Waals surface area contributed by atoms with Gasteiger partial charge in [-0.15, -0.1) is 0 Å². The molecule has 0 saturated carbocycles. The summed E-state index contributed by atoms with van der Waals surface area (Å²) in [7, 11) is 0. The smallest absolute Gasteiger partial charge is 0.253 e. The maximum absolute atomic E-state index is 12.3. The number of morpholine rings is 1. The van der Waals surface area contributed by atoms with Gasteiger partial charge in [0.25, 0.3) is 5.91 Å². The molecule has 2 saturated heterocycles. The SMILES string of the molecule is O=C(N[C@H]1C[C@H]2CO[C@@H](c3ccccc3)CN2C1)c1ccc(=O)[nH]c1. The van der Waals surface area contributed by atoms with Gasteiger partial charge in [-0.05, 0) is 18.1 Å². The molecule has 1 aromatic carbocycles. The van der Waals surface area contributed by atoms with E-state index < -0.39 is 0 Å². The van der Waals surface area contributed by atoms with Crippen LogP contribution in [0.1, 0.15) is 28.4 Å². The maximum Gasteiger partial charge on any atom is 0.253 e. The molecule has 6 nitrogen and oxygen atoms in total. The minimum Gasteiger partial charge on any atom is -0.371 e. The fourth-order valence-electron chi connectivity index (χ4n) is 3.67. The van der Waals surface area contributed by atoms with Crippen LogP contribution in [0, 0.1) is 0 Å². The maximum atomic E-state index is 12.3. The molecule has 0 spiro atoms.